The summed E-state index contributed by atoms with van der Waals surface area (Å²) in [7, 11) is 0. The van der Waals surface area contributed by atoms with Gasteiger partial charge in [0, 0.05) is 17.9 Å². The van der Waals surface area contributed by atoms with Gasteiger partial charge in [-0.1, -0.05) is 11.6 Å². The Hall–Kier alpha value is -1.95. The fourth-order valence-electron chi connectivity index (χ4n) is 1.70. The van der Waals surface area contributed by atoms with Gasteiger partial charge in [0.05, 0.1) is 6.54 Å². The van der Waals surface area contributed by atoms with Crippen LogP contribution in [0.3, 0.4) is 0 Å². The lowest BCUT2D eigenvalue weighted by atomic mass is 10.1. The molecule has 7 heteroatoms. The summed E-state index contributed by atoms with van der Waals surface area (Å²) in [6.45, 7) is -0.0494. The molecule has 19 heavy (non-hydrogen) atoms. The van der Waals surface area contributed by atoms with Gasteiger partial charge in [-0.05, 0) is 23.8 Å². The summed E-state index contributed by atoms with van der Waals surface area (Å²) in [6, 6.07) is 3.78. The van der Waals surface area contributed by atoms with Gasteiger partial charge >= 0.3 is 5.97 Å². The van der Waals surface area contributed by atoms with Crippen LogP contribution in [0.25, 0.3) is 0 Å². The minimum atomic E-state index is -1.16. The third kappa shape index (κ3) is 3.08. The van der Waals surface area contributed by atoms with E-state index in [1.54, 1.807) is 0 Å². The number of halogens is 2. The topological polar surface area (TPSA) is 70.0 Å². The molecule has 0 saturated carbocycles. The molecule has 0 bridgehead atoms. The fourth-order valence-corrected chi connectivity index (χ4v) is 1.88. The Labute approximate surface area is 113 Å². The molecule has 1 aliphatic rings. The highest BCUT2D eigenvalue weighted by Crippen LogP contribution is 2.21. The molecule has 0 atom stereocenters. The Morgan fingerprint density at radius 2 is 2.21 bits per heavy atom. The predicted octanol–water partition coefficient (Wildman–Crippen LogP) is 2.04. The molecule has 5 nitrogen and oxygen atoms in total. The number of hydrogen-bond acceptors (Lipinski definition) is 3. The van der Waals surface area contributed by atoms with Gasteiger partial charge in [0.15, 0.2) is 0 Å². The Balaban J connectivity index is 2.25. The van der Waals surface area contributed by atoms with E-state index in [-0.39, 0.29) is 31.0 Å². The first-order valence-electron chi connectivity index (χ1n) is 5.52. The standard InChI is InChI=1S/C12H10ClFN2O3/c13-9-2-1-8(14)5-7(9)6-16-11(17)4-3-10(15-16)12(18)19/h1-2,5H,3-4,6H2,(H,18,19). The molecular formula is C12H10ClFN2O3. The van der Waals surface area contributed by atoms with E-state index in [2.05, 4.69) is 5.10 Å². The average molecular weight is 285 g/mol. The van der Waals surface area contributed by atoms with Gasteiger partial charge in [0.1, 0.15) is 11.5 Å². The van der Waals surface area contributed by atoms with Crippen molar-refractivity contribution >= 4 is 29.2 Å². The summed E-state index contributed by atoms with van der Waals surface area (Å²) in [5.41, 5.74) is 0.289. The smallest absolute Gasteiger partial charge is 0.352 e. The van der Waals surface area contributed by atoms with E-state index in [0.29, 0.717) is 10.6 Å². The number of hydrazone groups is 1. The first-order valence-corrected chi connectivity index (χ1v) is 5.90. The molecule has 1 aromatic rings. The maximum atomic E-state index is 13.1. The Bertz CT molecular complexity index is 574. The van der Waals surface area contributed by atoms with Crippen LogP contribution in [0.5, 0.6) is 0 Å². The number of carbonyl (C=O) groups excluding carboxylic acids is 1. The van der Waals surface area contributed by atoms with Crippen LogP contribution in [0.4, 0.5) is 4.39 Å². The second kappa shape index (κ2) is 5.36. The summed E-state index contributed by atoms with van der Waals surface area (Å²) in [6.07, 6.45) is 0.166. The highest BCUT2D eigenvalue weighted by molar-refractivity contribution is 6.36. The monoisotopic (exact) mass is 284 g/mol. The van der Waals surface area contributed by atoms with Crippen molar-refractivity contribution in [2.45, 2.75) is 19.4 Å². The highest BCUT2D eigenvalue weighted by Gasteiger charge is 2.24. The number of rotatable bonds is 3. The van der Waals surface area contributed by atoms with E-state index in [1.807, 2.05) is 0 Å². The summed E-state index contributed by atoms with van der Waals surface area (Å²) in [5, 5.41) is 13.9. The van der Waals surface area contributed by atoms with Gasteiger partial charge in [0.25, 0.3) is 0 Å². The van der Waals surface area contributed by atoms with Gasteiger partial charge < -0.3 is 5.11 Å². The van der Waals surface area contributed by atoms with E-state index >= 15 is 0 Å². The lowest BCUT2D eigenvalue weighted by molar-refractivity contribution is -0.133. The zero-order valence-corrected chi connectivity index (χ0v) is 10.5. The van der Waals surface area contributed by atoms with Crippen LogP contribution >= 0.6 is 11.6 Å². The Morgan fingerprint density at radius 1 is 1.47 bits per heavy atom. The molecule has 1 heterocycles. The van der Waals surface area contributed by atoms with Crippen molar-refractivity contribution in [2.24, 2.45) is 5.10 Å². The third-order valence-corrected chi connectivity index (χ3v) is 3.05. The van der Waals surface area contributed by atoms with Crippen LogP contribution in [-0.4, -0.2) is 27.7 Å². The summed E-state index contributed by atoms with van der Waals surface area (Å²) < 4.78 is 13.1. The van der Waals surface area contributed by atoms with Gasteiger partial charge in [-0.15, -0.1) is 0 Å². The molecule has 0 aromatic heterocycles. The van der Waals surface area contributed by atoms with E-state index in [9.17, 15) is 14.0 Å². The van der Waals surface area contributed by atoms with Crippen molar-refractivity contribution in [3.63, 3.8) is 0 Å². The quantitative estimate of drug-likeness (QED) is 0.923. The molecule has 0 aliphatic carbocycles. The van der Waals surface area contributed by atoms with Gasteiger partial charge in [-0.25, -0.2) is 14.2 Å². The number of hydrogen-bond donors (Lipinski definition) is 1. The predicted molar refractivity (Wildman–Crippen MR) is 66.3 cm³/mol. The van der Waals surface area contributed by atoms with Gasteiger partial charge in [-0.2, -0.15) is 5.10 Å². The first-order chi connectivity index (χ1) is 8.97. The molecule has 0 spiro atoms. The first kappa shape index (κ1) is 13.5. The minimum Gasteiger partial charge on any atom is -0.477 e. The van der Waals surface area contributed by atoms with Crippen LogP contribution in [0.2, 0.25) is 5.02 Å². The maximum absolute atomic E-state index is 13.1. The molecule has 0 saturated heterocycles. The molecule has 0 fully saturated rings. The second-order valence-electron chi connectivity index (χ2n) is 4.04. The van der Waals surface area contributed by atoms with Crippen LogP contribution in [-0.2, 0) is 16.1 Å². The number of carbonyl (C=O) groups is 2. The molecule has 1 amide bonds. The molecular weight excluding hydrogens is 275 g/mol. The van der Waals surface area contributed by atoms with Crippen molar-refractivity contribution in [1.29, 1.82) is 0 Å². The van der Waals surface area contributed by atoms with E-state index in [4.69, 9.17) is 16.7 Å². The molecule has 1 aliphatic heterocycles. The maximum Gasteiger partial charge on any atom is 0.352 e. The lowest BCUT2D eigenvalue weighted by Crippen LogP contribution is -2.33. The van der Waals surface area contributed by atoms with Crippen molar-refractivity contribution in [3.05, 3.63) is 34.6 Å². The van der Waals surface area contributed by atoms with Crippen LogP contribution in [0.15, 0.2) is 23.3 Å². The van der Waals surface area contributed by atoms with Crippen LogP contribution < -0.4 is 0 Å². The zero-order chi connectivity index (χ0) is 14.0. The molecule has 1 aromatic carbocycles. The average Bonchev–Trinajstić information content (AvgIpc) is 2.36. The summed E-state index contributed by atoms with van der Waals surface area (Å²) in [5.74, 6) is -1.96. The Kier molecular flexibility index (Phi) is 3.80. The van der Waals surface area contributed by atoms with E-state index in [0.717, 1.165) is 5.01 Å². The number of amides is 1. The number of benzene rings is 1. The van der Waals surface area contributed by atoms with Crippen LogP contribution in [0.1, 0.15) is 18.4 Å². The molecule has 2 rings (SSSR count). The normalized spacial score (nSPS) is 15.4. The second-order valence-corrected chi connectivity index (χ2v) is 4.45. The van der Waals surface area contributed by atoms with Crippen molar-refractivity contribution in [2.75, 3.05) is 0 Å². The third-order valence-electron chi connectivity index (χ3n) is 2.68. The van der Waals surface area contributed by atoms with E-state index in [1.165, 1.54) is 18.2 Å². The zero-order valence-electron chi connectivity index (χ0n) is 9.77. The van der Waals surface area contributed by atoms with Gasteiger partial charge in [-0.3, -0.25) is 4.79 Å². The minimum absolute atomic E-state index is 0.0494. The molecule has 1 N–H and O–H groups in total. The molecule has 100 valence electrons. The summed E-state index contributed by atoms with van der Waals surface area (Å²) in [4.78, 5) is 22.5. The van der Waals surface area contributed by atoms with Gasteiger partial charge in [0.2, 0.25) is 5.91 Å². The van der Waals surface area contributed by atoms with Crippen molar-refractivity contribution < 1.29 is 19.1 Å². The molecule has 0 unspecified atom stereocenters. The molecule has 0 radical (unpaired) electrons. The summed E-state index contributed by atoms with van der Waals surface area (Å²) >= 11 is 5.89. The van der Waals surface area contributed by atoms with Crippen molar-refractivity contribution in [1.82, 2.24) is 5.01 Å². The fraction of sp³-hybridized carbons (Fsp3) is 0.250. The Morgan fingerprint density at radius 3 is 2.89 bits per heavy atom. The number of carboxylic acid groups (broad SMARTS) is 1. The number of aliphatic carboxylic acids is 1. The van der Waals surface area contributed by atoms with Crippen LogP contribution in [0, 0.1) is 5.82 Å². The lowest BCUT2D eigenvalue weighted by Gasteiger charge is -2.22. The number of nitrogens with zero attached hydrogens (tertiary/aromatic N) is 2. The van der Waals surface area contributed by atoms with Crippen molar-refractivity contribution in [3.8, 4) is 0 Å². The number of carboxylic acids is 1. The SMILES string of the molecule is O=C(O)C1=NN(Cc2cc(F)ccc2Cl)C(=O)CC1. The largest absolute Gasteiger partial charge is 0.477 e. The van der Waals surface area contributed by atoms with E-state index < -0.39 is 11.8 Å². The highest BCUT2D eigenvalue weighted by atomic mass is 35.5.